The van der Waals surface area contributed by atoms with E-state index in [1.54, 1.807) is 11.3 Å². The van der Waals surface area contributed by atoms with E-state index in [1.807, 2.05) is 53.4 Å². The van der Waals surface area contributed by atoms with Crippen LogP contribution < -0.4 is 16.0 Å². The molecule has 1 unspecified atom stereocenters. The standard InChI is InChI=1S/C15H18N4OS/c1-2-20-13-5-3-4-11(8-13)14(18-16)9-12-10-19-6-7-21-15(19)17-12/h3-8,10,14,18H,2,9,16H2,1H3. The summed E-state index contributed by atoms with van der Waals surface area (Å²) in [5, 5.41) is 2.02. The van der Waals surface area contributed by atoms with Crippen LogP contribution in [0.4, 0.5) is 0 Å². The second kappa shape index (κ2) is 6.26. The van der Waals surface area contributed by atoms with Crippen molar-refractivity contribution in [2.45, 2.75) is 19.4 Å². The molecule has 3 aromatic rings. The van der Waals surface area contributed by atoms with Gasteiger partial charge in [-0.2, -0.15) is 0 Å². The van der Waals surface area contributed by atoms with Crippen molar-refractivity contribution in [2.24, 2.45) is 5.84 Å². The van der Waals surface area contributed by atoms with Crippen LogP contribution in [0.5, 0.6) is 5.75 Å². The molecule has 6 heteroatoms. The van der Waals surface area contributed by atoms with Crippen LogP contribution in [0, 0.1) is 0 Å². The molecule has 0 spiro atoms. The number of hydrogen-bond donors (Lipinski definition) is 2. The summed E-state index contributed by atoms with van der Waals surface area (Å²) in [6.07, 6.45) is 4.79. The lowest BCUT2D eigenvalue weighted by Gasteiger charge is -2.16. The van der Waals surface area contributed by atoms with Gasteiger partial charge in [-0.05, 0) is 24.6 Å². The van der Waals surface area contributed by atoms with E-state index in [-0.39, 0.29) is 6.04 Å². The van der Waals surface area contributed by atoms with Crippen LogP contribution in [0.15, 0.2) is 42.0 Å². The number of nitrogens with one attached hydrogen (secondary N) is 1. The maximum atomic E-state index is 5.72. The third-order valence-corrected chi connectivity index (χ3v) is 4.10. The number of hydrazine groups is 1. The Morgan fingerprint density at radius 2 is 2.38 bits per heavy atom. The minimum atomic E-state index is 0.00927. The number of benzene rings is 1. The third kappa shape index (κ3) is 3.07. The van der Waals surface area contributed by atoms with Gasteiger partial charge in [-0.1, -0.05) is 12.1 Å². The highest BCUT2D eigenvalue weighted by atomic mass is 32.1. The summed E-state index contributed by atoms with van der Waals surface area (Å²) in [4.78, 5) is 5.60. The van der Waals surface area contributed by atoms with Crippen molar-refractivity contribution in [2.75, 3.05) is 6.61 Å². The molecule has 0 saturated heterocycles. The van der Waals surface area contributed by atoms with E-state index in [0.717, 1.165) is 28.4 Å². The van der Waals surface area contributed by atoms with E-state index >= 15 is 0 Å². The minimum absolute atomic E-state index is 0.00927. The van der Waals surface area contributed by atoms with Gasteiger partial charge in [0.05, 0.1) is 18.3 Å². The van der Waals surface area contributed by atoms with E-state index in [1.165, 1.54) is 0 Å². The largest absolute Gasteiger partial charge is 0.494 e. The van der Waals surface area contributed by atoms with Crippen molar-refractivity contribution >= 4 is 16.3 Å². The molecule has 110 valence electrons. The molecule has 0 aliphatic rings. The minimum Gasteiger partial charge on any atom is -0.494 e. The first kappa shape index (κ1) is 14.1. The summed E-state index contributed by atoms with van der Waals surface area (Å²) in [6.45, 7) is 2.63. The van der Waals surface area contributed by atoms with E-state index in [9.17, 15) is 0 Å². The number of hydrogen-bond acceptors (Lipinski definition) is 5. The van der Waals surface area contributed by atoms with Crippen molar-refractivity contribution in [3.8, 4) is 5.75 Å². The Balaban J connectivity index is 1.80. The zero-order valence-electron chi connectivity index (χ0n) is 11.8. The van der Waals surface area contributed by atoms with Crippen LogP contribution in [0.25, 0.3) is 4.96 Å². The van der Waals surface area contributed by atoms with Crippen molar-refractivity contribution < 1.29 is 4.74 Å². The van der Waals surface area contributed by atoms with Crippen LogP contribution >= 0.6 is 11.3 Å². The maximum absolute atomic E-state index is 5.72. The number of fused-ring (bicyclic) bond motifs is 1. The van der Waals surface area contributed by atoms with Gasteiger partial charge in [0, 0.05) is 24.2 Å². The van der Waals surface area contributed by atoms with Crippen molar-refractivity contribution in [1.29, 1.82) is 0 Å². The van der Waals surface area contributed by atoms with Gasteiger partial charge >= 0.3 is 0 Å². The highest BCUT2D eigenvalue weighted by molar-refractivity contribution is 7.15. The number of ether oxygens (including phenoxy) is 1. The molecule has 2 heterocycles. The molecule has 3 N–H and O–H groups in total. The van der Waals surface area contributed by atoms with Gasteiger partial charge in [-0.25, -0.2) is 4.98 Å². The second-order valence-electron chi connectivity index (χ2n) is 4.75. The molecule has 1 aromatic carbocycles. The van der Waals surface area contributed by atoms with Gasteiger partial charge < -0.3 is 4.74 Å². The summed E-state index contributed by atoms with van der Waals surface area (Å²) in [6, 6.07) is 8.01. The summed E-state index contributed by atoms with van der Waals surface area (Å²) < 4.78 is 7.57. The van der Waals surface area contributed by atoms with Crippen LogP contribution in [-0.2, 0) is 6.42 Å². The van der Waals surface area contributed by atoms with Crippen molar-refractivity contribution in [3.63, 3.8) is 0 Å². The summed E-state index contributed by atoms with van der Waals surface area (Å²) in [7, 11) is 0. The SMILES string of the molecule is CCOc1cccc(C(Cc2cn3ccsc3n2)NN)c1. The Hall–Kier alpha value is -1.89. The number of aromatic nitrogens is 2. The fraction of sp³-hybridized carbons (Fsp3) is 0.267. The first-order chi connectivity index (χ1) is 10.3. The molecule has 21 heavy (non-hydrogen) atoms. The molecule has 5 nitrogen and oxygen atoms in total. The Bertz CT molecular complexity index is 693. The lowest BCUT2D eigenvalue weighted by atomic mass is 10.0. The molecule has 0 amide bonds. The van der Waals surface area contributed by atoms with Gasteiger partial charge in [0.15, 0.2) is 4.96 Å². The molecular weight excluding hydrogens is 284 g/mol. The van der Waals surface area contributed by atoms with Gasteiger partial charge in [0.1, 0.15) is 5.75 Å². The van der Waals surface area contributed by atoms with E-state index < -0.39 is 0 Å². The monoisotopic (exact) mass is 302 g/mol. The highest BCUT2D eigenvalue weighted by Crippen LogP contribution is 2.22. The number of thiazole rings is 1. The van der Waals surface area contributed by atoms with Crippen molar-refractivity contribution in [3.05, 3.63) is 53.3 Å². The average molecular weight is 302 g/mol. The van der Waals surface area contributed by atoms with E-state index in [0.29, 0.717) is 6.61 Å². The summed E-state index contributed by atoms with van der Waals surface area (Å²) >= 11 is 1.63. The van der Waals surface area contributed by atoms with Crippen molar-refractivity contribution in [1.82, 2.24) is 14.8 Å². The van der Waals surface area contributed by atoms with E-state index in [4.69, 9.17) is 10.6 Å². The van der Waals surface area contributed by atoms with Gasteiger partial charge in [0.2, 0.25) is 0 Å². The molecule has 2 aromatic heterocycles. The van der Waals surface area contributed by atoms with Gasteiger partial charge in [-0.15, -0.1) is 11.3 Å². The molecule has 0 aliphatic heterocycles. The molecule has 0 saturated carbocycles. The lowest BCUT2D eigenvalue weighted by Crippen LogP contribution is -2.29. The van der Waals surface area contributed by atoms with Crippen LogP contribution in [0.3, 0.4) is 0 Å². The molecular formula is C15H18N4OS. The second-order valence-corrected chi connectivity index (χ2v) is 5.63. The smallest absolute Gasteiger partial charge is 0.193 e. The Labute approximate surface area is 127 Å². The highest BCUT2D eigenvalue weighted by Gasteiger charge is 2.14. The Morgan fingerprint density at radius 1 is 1.48 bits per heavy atom. The number of nitrogens with zero attached hydrogens (tertiary/aromatic N) is 2. The Morgan fingerprint density at radius 3 is 3.14 bits per heavy atom. The van der Waals surface area contributed by atoms with Crippen LogP contribution in [0.2, 0.25) is 0 Å². The van der Waals surface area contributed by atoms with Crippen LogP contribution in [0.1, 0.15) is 24.2 Å². The number of imidazole rings is 1. The molecule has 0 bridgehead atoms. The normalized spacial score (nSPS) is 12.7. The summed E-state index contributed by atoms with van der Waals surface area (Å²) in [5.74, 6) is 6.59. The van der Waals surface area contributed by atoms with Crippen LogP contribution in [-0.4, -0.2) is 16.0 Å². The quantitative estimate of drug-likeness (QED) is 0.542. The molecule has 3 rings (SSSR count). The number of nitrogens with two attached hydrogens (primary N) is 1. The predicted octanol–water partition coefficient (Wildman–Crippen LogP) is 2.54. The molecule has 1 atom stereocenters. The zero-order chi connectivity index (χ0) is 14.7. The molecule has 0 fully saturated rings. The number of rotatable bonds is 6. The fourth-order valence-corrected chi connectivity index (χ4v) is 3.06. The maximum Gasteiger partial charge on any atom is 0.193 e. The van der Waals surface area contributed by atoms with E-state index in [2.05, 4.69) is 10.4 Å². The first-order valence-electron chi connectivity index (χ1n) is 6.90. The predicted molar refractivity (Wildman–Crippen MR) is 84.4 cm³/mol. The first-order valence-corrected chi connectivity index (χ1v) is 7.78. The lowest BCUT2D eigenvalue weighted by molar-refractivity contribution is 0.339. The zero-order valence-corrected chi connectivity index (χ0v) is 12.6. The molecule has 0 radical (unpaired) electrons. The average Bonchev–Trinajstić information content (AvgIpc) is 3.06. The third-order valence-electron chi connectivity index (χ3n) is 3.33. The fourth-order valence-electron chi connectivity index (χ4n) is 2.34. The van der Waals surface area contributed by atoms with Gasteiger partial charge in [-0.3, -0.25) is 15.7 Å². The Kier molecular flexibility index (Phi) is 4.19. The van der Waals surface area contributed by atoms with Gasteiger partial charge in [0.25, 0.3) is 0 Å². The molecule has 0 aliphatic carbocycles. The summed E-state index contributed by atoms with van der Waals surface area (Å²) in [5.41, 5.74) is 4.99. The topological polar surface area (TPSA) is 64.6 Å².